The summed E-state index contributed by atoms with van der Waals surface area (Å²) in [6, 6.07) is 14.6. The molecule has 0 spiro atoms. The Morgan fingerprint density at radius 2 is 1.49 bits per heavy atom. The molecular weight excluding hydrogens is 604 g/mol. The number of fused-ring (bicyclic) bond motifs is 1. The highest BCUT2D eigenvalue weighted by molar-refractivity contribution is 9.10. The molecule has 0 fully saturated rings. The lowest BCUT2D eigenvalue weighted by Crippen LogP contribution is -2.21. The summed E-state index contributed by atoms with van der Waals surface area (Å²) in [7, 11) is 0. The minimum atomic E-state index is -5.08. The Morgan fingerprint density at radius 1 is 0.923 bits per heavy atom. The molecule has 3 aromatic heterocycles. The zero-order valence-electron chi connectivity index (χ0n) is 19.6. The third-order valence-corrected chi connectivity index (χ3v) is 5.47. The Hall–Kier alpha value is -4.08. The van der Waals surface area contributed by atoms with Crippen LogP contribution in [0.15, 0.2) is 53.3 Å². The fourth-order valence-corrected chi connectivity index (χ4v) is 3.59. The van der Waals surface area contributed by atoms with Crippen molar-refractivity contribution < 1.29 is 46.1 Å². The van der Waals surface area contributed by atoms with Crippen molar-refractivity contribution in [3.8, 4) is 11.4 Å². The third kappa shape index (κ3) is 9.63. The highest BCUT2D eigenvalue weighted by Crippen LogP contribution is 2.29. The first-order valence-electron chi connectivity index (χ1n) is 10.7. The highest BCUT2D eigenvalue weighted by Gasteiger charge is 2.38. The number of rotatable bonds is 5. The SMILES string of the molecule is Nc1nc2c(-c3cc(CCCc4ccccc4)c(Br)[nH]3)nccc2[nH]1.O=C(O)C(F)(F)F.O=C(O)C(F)(F)F. The van der Waals surface area contributed by atoms with Crippen LogP contribution in [0.1, 0.15) is 17.5 Å². The molecule has 0 bridgehead atoms. The van der Waals surface area contributed by atoms with Crippen LogP contribution in [0, 0.1) is 0 Å². The van der Waals surface area contributed by atoms with E-state index in [0.717, 1.165) is 46.3 Å². The number of hydrogen-bond acceptors (Lipinski definition) is 5. The molecule has 0 saturated carbocycles. The first kappa shape index (κ1) is 31.1. The summed E-state index contributed by atoms with van der Waals surface area (Å²) >= 11 is 3.63. The molecule has 6 N–H and O–H groups in total. The van der Waals surface area contributed by atoms with E-state index in [1.165, 1.54) is 11.1 Å². The third-order valence-electron chi connectivity index (χ3n) is 4.76. The fraction of sp³-hybridized carbons (Fsp3) is 0.217. The molecule has 16 heteroatoms. The van der Waals surface area contributed by atoms with Crippen LogP contribution in [0.4, 0.5) is 32.3 Å². The van der Waals surface area contributed by atoms with Gasteiger partial charge < -0.3 is 25.9 Å². The van der Waals surface area contributed by atoms with Crippen molar-refractivity contribution in [2.75, 3.05) is 5.73 Å². The molecule has 9 nitrogen and oxygen atoms in total. The normalized spacial score (nSPS) is 11.3. The number of hydrogen-bond donors (Lipinski definition) is 5. The number of alkyl halides is 6. The second kappa shape index (κ2) is 13.1. The average Bonchev–Trinajstić information content (AvgIpc) is 3.40. The lowest BCUT2D eigenvalue weighted by molar-refractivity contribution is -0.193. The van der Waals surface area contributed by atoms with E-state index in [1.54, 1.807) is 6.20 Å². The summed E-state index contributed by atoms with van der Waals surface area (Å²) in [5.74, 6) is -5.11. The number of carboxylic acid groups (broad SMARTS) is 2. The van der Waals surface area contributed by atoms with Gasteiger partial charge in [0.25, 0.3) is 0 Å². The number of anilines is 1. The fourth-order valence-electron chi connectivity index (χ4n) is 3.06. The number of halogens is 7. The van der Waals surface area contributed by atoms with Crippen molar-refractivity contribution in [1.29, 1.82) is 0 Å². The first-order chi connectivity index (χ1) is 18.1. The van der Waals surface area contributed by atoms with Crippen LogP contribution in [-0.4, -0.2) is 54.4 Å². The van der Waals surface area contributed by atoms with Crippen LogP contribution in [0.5, 0.6) is 0 Å². The van der Waals surface area contributed by atoms with Crippen LogP contribution < -0.4 is 5.73 Å². The number of nitrogen functional groups attached to an aromatic ring is 1. The summed E-state index contributed by atoms with van der Waals surface area (Å²) in [6.45, 7) is 0. The second-order valence-electron chi connectivity index (χ2n) is 7.64. The van der Waals surface area contributed by atoms with E-state index in [4.69, 9.17) is 25.5 Å². The van der Waals surface area contributed by atoms with Crippen LogP contribution in [0.2, 0.25) is 0 Å². The zero-order chi connectivity index (χ0) is 29.4. The van der Waals surface area contributed by atoms with E-state index in [-0.39, 0.29) is 0 Å². The van der Waals surface area contributed by atoms with Crippen LogP contribution in [0.3, 0.4) is 0 Å². The van der Waals surface area contributed by atoms with E-state index < -0.39 is 24.3 Å². The number of carboxylic acids is 2. The van der Waals surface area contributed by atoms with Gasteiger partial charge in [0.05, 0.1) is 15.8 Å². The minimum absolute atomic E-state index is 0.401. The van der Waals surface area contributed by atoms with Crippen molar-refractivity contribution in [3.63, 3.8) is 0 Å². The molecule has 0 amide bonds. The highest BCUT2D eigenvalue weighted by atomic mass is 79.9. The molecule has 0 unspecified atom stereocenters. The predicted molar refractivity (Wildman–Crippen MR) is 132 cm³/mol. The maximum atomic E-state index is 10.6. The molecule has 0 aliphatic rings. The zero-order valence-corrected chi connectivity index (χ0v) is 21.2. The topological polar surface area (TPSA) is 158 Å². The quantitative estimate of drug-likeness (QED) is 0.177. The van der Waals surface area contributed by atoms with Crippen molar-refractivity contribution in [3.05, 3.63) is 64.4 Å². The molecule has 0 atom stereocenters. The molecule has 1 aromatic carbocycles. The number of H-pyrrole nitrogens is 2. The van der Waals surface area contributed by atoms with Gasteiger partial charge >= 0.3 is 24.3 Å². The van der Waals surface area contributed by atoms with E-state index >= 15 is 0 Å². The van der Waals surface area contributed by atoms with Gasteiger partial charge in [0.2, 0.25) is 0 Å². The van der Waals surface area contributed by atoms with Gasteiger partial charge in [-0.15, -0.1) is 0 Å². The largest absolute Gasteiger partial charge is 0.490 e. The minimum Gasteiger partial charge on any atom is -0.475 e. The number of aryl methyl sites for hydroxylation is 2. The molecule has 210 valence electrons. The lowest BCUT2D eigenvalue weighted by atomic mass is 10.1. The predicted octanol–water partition coefficient (Wildman–Crippen LogP) is 5.74. The molecule has 0 saturated heterocycles. The molecule has 4 rings (SSSR count). The van der Waals surface area contributed by atoms with Gasteiger partial charge in [-0.25, -0.2) is 14.6 Å². The number of aliphatic carboxylic acids is 2. The van der Waals surface area contributed by atoms with E-state index in [2.05, 4.69) is 66.2 Å². The average molecular weight is 624 g/mol. The number of aromatic nitrogens is 4. The number of pyridine rings is 1. The smallest absolute Gasteiger partial charge is 0.475 e. The maximum absolute atomic E-state index is 10.6. The van der Waals surface area contributed by atoms with Gasteiger partial charge in [0.1, 0.15) is 11.2 Å². The van der Waals surface area contributed by atoms with Gasteiger partial charge in [0, 0.05) is 6.20 Å². The van der Waals surface area contributed by atoms with Crippen LogP contribution in [-0.2, 0) is 22.4 Å². The monoisotopic (exact) mass is 623 g/mol. The van der Waals surface area contributed by atoms with Gasteiger partial charge in [-0.2, -0.15) is 26.3 Å². The van der Waals surface area contributed by atoms with Gasteiger partial charge in [-0.05, 0) is 58.5 Å². The van der Waals surface area contributed by atoms with Crippen molar-refractivity contribution >= 4 is 44.9 Å². The number of benzene rings is 1. The van der Waals surface area contributed by atoms with Gasteiger partial charge in [-0.1, -0.05) is 30.3 Å². The van der Waals surface area contributed by atoms with Gasteiger partial charge in [0.15, 0.2) is 5.95 Å². The van der Waals surface area contributed by atoms with E-state index in [0.29, 0.717) is 5.95 Å². The molecule has 4 aromatic rings. The number of imidazole rings is 1. The van der Waals surface area contributed by atoms with Crippen LogP contribution in [0.25, 0.3) is 22.4 Å². The number of nitrogens with one attached hydrogen (secondary N) is 2. The number of carbonyl (C=O) groups is 2. The van der Waals surface area contributed by atoms with E-state index in [1.807, 2.05) is 12.1 Å². The molecule has 0 radical (unpaired) electrons. The summed E-state index contributed by atoms with van der Waals surface area (Å²) in [5, 5.41) is 14.2. The maximum Gasteiger partial charge on any atom is 0.490 e. The summed E-state index contributed by atoms with van der Waals surface area (Å²) in [4.78, 5) is 33.0. The Balaban J connectivity index is 0.000000317. The Morgan fingerprint density at radius 3 is 2.03 bits per heavy atom. The van der Waals surface area contributed by atoms with Crippen molar-refractivity contribution in [2.24, 2.45) is 0 Å². The number of nitrogens with two attached hydrogens (primary N) is 1. The molecule has 0 aliphatic heterocycles. The molecule has 0 aliphatic carbocycles. The standard InChI is InChI=1S/C19H18BrN5.2C2HF3O2/c20-18-13(8-4-7-12-5-2-1-3-6-12)11-15(23-18)16-17-14(9-10-22-16)24-19(21)25-17;2*3-2(4,5)1(6)7/h1-3,5-6,9-11,23H,4,7-8H2,(H3,21,24,25);2*(H,6,7). The first-order valence-corrected chi connectivity index (χ1v) is 11.5. The molecular formula is C23H20BrF6N5O4. The Bertz CT molecular complexity index is 1380. The van der Waals surface area contributed by atoms with Crippen molar-refractivity contribution in [1.82, 2.24) is 19.9 Å². The summed E-state index contributed by atoms with van der Waals surface area (Å²) in [6.07, 6.45) is -5.26. The van der Waals surface area contributed by atoms with E-state index in [9.17, 15) is 26.3 Å². The number of nitrogens with zero attached hydrogens (tertiary/aromatic N) is 2. The molecule has 39 heavy (non-hydrogen) atoms. The Labute approximate surface area is 224 Å². The molecule has 3 heterocycles. The second-order valence-corrected chi connectivity index (χ2v) is 8.44. The summed E-state index contributed by atoms with van der Waals surface area (Å²) < 4.78 is 64.5. The summed E-state index contributed by atoms with van der Waals surface area (Å²) in [5.41, 5.74) is 11.8. The van der Waals surface area contributed by atoms with Crippen molar-refractivity contribution in [2.45, 2.75) is 31.6 Å². The number of aromatic amines is 2. The Kier molecular flexibility index (Phi) is 10.5. The lowest BCUT2D eigenvalue weighted by Gasteiger charge is -2.00. The van der Waals surface area contributed by atoms with Crippen LogP contribution >= 0.6 is 15.9 Å². The van der Waals surface area contributed by atoms with Gasteiger partial charge in [-0.3, -0.25) is 4.98 Å².